The fourth-order valence-electron chi connectivity index (χ4n) is 2.16. The van der Waals surface area contributed by atoms with Crippen molar-refractivity contribution in [2.24, 2.45) is 0 Å². The predicted molar refractivity (Wildman–Crippen MR) is 78.0 cm³/mol. The number of rotatable bonds is 5. The summed E-state index contributed by atoms with van der Waals surface area (Å²) in [6, 6.07) is 13.0. The van der Waals surface area contributed by atoms with Crippen molar-refractivity contribution in [3.05, 3.63) is 53.6 Å². The molecule has 4 nitrogen and oxygen atoms in total. The lowest BCUT2D eigenvalue weighted by Gasteiger charge is -2.08. The molecule has 21 heavy (non-hydrogen) atoms. The van der Waals surface area contributed by atoms with Crippen molar-refractivity contribution in [1.82, 2.24) is 0 Å². The second-order valence-corrected chi connectivity index (χ2v) is 4.78. The van der Waals surface area contributed by atoms with Crippen LogP contribution in [-0.2, 0) is 6.61 Å². The third-order valence-corrected chi connectivity index (χ3v) is 3.32. The van der Waals surface area contributed by atoms with Gasteiger partial charge in [-0.3, -0.25) is 4.79 Å². The van der Waals surface area contributed by atoms with Crippen molar-refractivity contribution in [2.75, 3.05) is 6.79 Å². The Bertz CT molecular complexity index is 664. The van der Waals surface area contributed by atoms with E-state index in [-0.39, 0.29) is 12.6 Å². The van der Waals surface area contributed by atoms with Crippen LogP contribution in [0.3, 0.4) is 0 Å². The van der Waals surface area contributed by atoms with Gasteiger partial charge in [-0.1, -0.05) is 25.1 Å². The van der Waals surface area contributed by atoms with Gasteiger partial charge in [0.2, 0.25) is 6.79 Å². The summed E-state index contributed by atoms with van der Waals surface area (Å²) < 4.78 is 16.3. The molecule has 0 fully saturated rings. The van der Waals surface area contributed by atoms with Crippen molar-refractivity contribution in [1.29, 1.82) is 0 Å². The maximum Gasteiger partial charge on any atom is 0.231 e. The maximum absolute atomic E-state index is 11.7. The number of benzene rings is 2. The highest BCUT2D eigenvalue weighted by atomic mass is 16.7. The van der Waals surface area contributed by atoms with Gasteiger partial charge in [0.05, 0.1) is 0 Å². The lowest BCUT2D eigenvalue weighted by molar-refractivity contribution is 0.0987. The first-order valence-corrected chi connectivity index (χ1v) is 6.91. The summed E-state index contributed by atoms with van der Waals surface area (Å²) in [4.78, 5) is 11.7. The van der Waals surface area contributed by atoms with Gasteiger partial charge in [-0.15, -0.1) is 0 Å². The number of ketones is 1. The van der Waals surface area contributed by atoms with Crippen LogP contribution < -0.4 is 14.2 Å². The molecule has 0 atom stereocenters. The van der Waals surface area contributed by atoms with Gasteiger partial charge in [-0.2, -0.15) is 0 Å². The van der Waals surface area contributed by atoms with Gasteiger partial charge >= 0.3 is 0 Å². The van der Waals surface area contributed by atoms with Gasteiger partial charge < -0.3 is 14.2 Å². The molecule has 0 unspecified atom stereocenters. The fourth-order valence-corrected chi connectivity index (χ4v) is 2.16. The fraction of sp³-hybridized carbons (Fsp3) is 0.235. The lowest BCUT2D eigenvalue weighted by atomic mass is 10.1. The van der Waals surface area contributed by atoms with Crippen LogP contribution in [0.1, 0.15) is 29.3 Å². The van der Waals surface area contributed by atoms with Crippen molar-refractivity contribution >= 4 is 5.78 Å². The Morgan fingerprint density at radius 3 is 2.86 bits per heavy atom. The first-order valence-electron chi connectivity index (χ1n) is 6.91. The summed E-state index contributed by atoms with van der Waals surface area (Å²) in [5.74, 6) is 2.30. The molecule has 0 saturated carbocycles. The zero-order valence-corrected chi connectivity index (χ0v) is 11.8. The Morgan fingerprint density at radius 2 is 2.00 bits per heavy atom. The van der Waals surface area contributed by atoms with Crippen LogP contribution >= 0.6 is 0 Å². The molecule has 1 aliphatic heterocycles. The summed E-state index contributed by atoms with van der Waals surface area (Å²) in [7, 11) is 0. The Kier molecular flexibility index (Phi) is 3.77. The van der Waals surface area contributed by atoms with Gasteiger partial charge in [0.15, 0.2) is 17.3 Å². The average Bonchev–Trinajstić information content (AvgIpc) is 3.00. The van der Waals surface area contributed by atoms with E-state index in [0.717, 1.165) is 17.1 Å². The molecule has 1 aliphatic rings. The monoisotopic (exact) mass is 284 g/mol. The number of hydrogen-bond donors (Lipinski definition) is 0. The smallest absolute Gasteiger partial charge is 0.231 e. The van der Waals surface area contributed by atoms with Crippen molar-refractivity contribution < 1.29 is 19.0 Å². The quantitative estimate of drug-likeness (QED) is 0.787. The van der Waals surface area contributed by atoms with Crippen molar-refractivity contribution in [2.45, 2.75) is 20.0 Å². The summed E-state index contributed by atoms with van der Waals surface area (Å²) >= 11 is 0. The summed E-state index contributed by atoms with van der Waals surface area (Å²) in [6.45, 7) is 2.53. The molecular formula is C17H16O4. The second-order valence-electron chi connectivity index (χ2n) is 4.78. The largest absolute Gasteiger partial charge is 0.489 e. The molecule has 0 radical (unpaired) electrons. The van der Waals surface area contributed by atoms with Crippen LogP contribution in [0.5, 0.6) is 17.2 Å². The molecule has 108 valence electrons. The third-order valence-electron chi connectivity index (χ3n) is 3.32. The minimum absolute atomic E-state index is 0.114. The highest BCUT2D eigenvalue weighted by Gasteiger charge is 2.13. The highest BCUT2D eigenvalue weighted by Crippen LogP contribution is 2.32. The first-order chi connectivity index (χ1) is 10.3. The summed E-state index contributed by atoms with van der Waals surface area (Å²) in [5, 5.41) is 0. The molecule has 4 heteroatoms. The SMILES string of the molecule is CCC(=O)c1cccc(OCc2ccc3c(c2)OCO3)c1. The second kappa shape index (κ2) is 5.87. The molecule has 0 bridgehead atoms. The number of hydrogen-bond acceptors (Lipinski definition) is 4. The minimum Gasteiger partial charge on any atom is -0.489 e. The Labute approximate surface area is 123 Å². The molecule has 2 aromatic carbocycles. The van der Waals surface area contributed by atoms with Gasteiger partial charge in [0.25, 0.3) is 0 Å². The number of carbonyl (C=O) groups excluding carboxylic acids is 1. The van der Waals surface area contributed by atoms with Crippen LogP contribution in [0, 0.1) is 0 Å². The van der Waals surface area contributed by atoms with Gasteiger partial charge in [-0.25, -0.2) is 0 Å². The molecule has 0 spiro atoms. The van der Waals surface area contributed by atoms with E-state index in [0.29, 0.717) is 24.3 Å². The van der Waals surface area contributed by atoms with Gasteiger partial charge in [0, 0.05) is 12.0 Å². The van der Waals surface area contributed by atoms with E-state index in [4.69, 9.17) is 14.2 Å². The molecule has 0 N–H and O–H groups in total. The van der Waals surface area contributed by atoms with Gasteiger partial charge in [-0.05, 0) is 29.8 Å². The van der Waals surface area contributed by atoms with E-state index in [2.05, 4.69) is 0 Å². The van der Waals surface area contributed by atoms with E-state index in [1.54, 1.807) is 12.1 Å². The maximum atomic E-state index is 11.7. The molecule has 1 heterocycles. The number of fused-ring (bicyclic) bond motifs is 1. The van der Waals surface area contributed by atoms with Crippen LogP contribution in [0.15, 0.2) is 42.5 Å². The molecule has 3 rings (SSSR count). The molecule has 0 aliphatic carbocycles. The van der Waals surface area contributed by atoms with Crippen LogP contribution in [-0.4, -0.2) is 12.6 Å². The van der Waals surface area contributed by atoms with Crippen LogP contribution in [0.2, 0.25) is 0 Å². The number of carbonyl (C=O) groups is 1. The highest BCUT2D eigenvalue weighted by molar-refractivity contribution is 5.96. The van der Waals surface area contributed by atoms with Crippen molar-refractivity contribution in [3.8, 4) is 17.2 Å². The minimum atomic E-state index is 0.114. The lowest BCUT2D eigenvalue weighted by Crippen LogP contribution is -1.99. The van der Waals surface area contributed by atoms with E-state index in [1.165, 1.54) is 0 Å². The molecular weight excluding hydrogens is 268 g/mol. The molecule has 0 amide bonds. The van der Waals surface area contributed by atoms with E-state index in [1.807, 2.05) is 37.3 Å². The Hall–Kier alpha value is -2.49. The van der Waals surface area contributed by atoms with E-state index in [9.17, 15) is 4.79 Å². The molecule has 0 aromatic heterocycles. The van der Waals surface area contributed by atoms with Crippen LogP contribution in [0.4, 0.5) is 0 Å². The topological polar surface area (TPSA) is 44.8 Å². The van der Waals surface area contributed by atoms with Crippen LogP contribution in [0.25, 0.3) is 0 Å². The van der Waals surface area contributed by atoms with Gasteiger partial charge in [0.1, 0.15) is 12.4 Å². The number of ether oxygens (including phenoxy) is 3. The normalized spacial score (nSPS) is 12.2. The first kappa shape index (κ1) is 13.5. The molecule has 2 aromatic rings. The summed E-state index contributed by atoms with van der Waals surface area (Å²) in [5.41, 5.74) is 1.67. The Balaban J connectivity index is 1.69. The third kappa shape index (κ3) is 2.99. The van der Waals surface area contributed by atoms with E-state index < -0.39 is 0 Å². The predicted octanol–water partition coefficient (Wildman–Crippen LogP) is 3.59. The summed E-state index contributed by atoms with van der Waals surface area (Å²) in [6.07, 6.45) is 0.492. The van der Waals surface area contributed by atoms with Crippen molar-refractivity contribution in [3.63, 3.8) is 0 Å². The zero-order valence-electron chi connectivity index (χ0n) is 11.8. The standard InChI is InChI=1S/C17H16O4/c1-2-15(18)13-4-3-5-14(9-13)19-10-12-6-7-16-17(8-12)21-11-20-16/h3-9H,2,10-11H2,1H3. The van der Waals surface area contributed by atoms with E-state index >= 15 is 0 Å². The number of Topliss-reactive ketones (excluding diaryl/α,β-unsaturated/α-hetero) is 1. The zero-order chi connectivity index (χ0) is 14.7. The average molecular weight is 284 g/mol. The molecule has 0 saturated heterocycles. The Morgan fingerprint density at radius 1 is 1.14 bits per heavy atom.